The van der Waals surface area contributed by atoms with Gasteiger partial charge in [0.2, 0.25) is 0 Å². The van der Waals surface area contributed by atoms with E-state index >= 15 is 0 Å². The van der Waals surface area contributed by atoms with E-state index < -0.39 is 0 Å². The van der Waals surface area contributed by atoms with E-state index in [0.29, 0.717) is 16.6 Å². The van der Waals surface area contributed by atoms with E-state index in [1.54, 1.807) is 6.20 Å². The summed E-state index contributed by atoms with van der Waals surface area (Å²) < 4.78 is 0. The van der Waals surface area contributed by atoms with E-state index in [0.717, 1.165) is 37.2 Å². The number of nitrogens with zero attached hydrogens (tertiary/aromatic N) is 2. The van der Waals surface area contributed by atoms with Crippen LogP contribution in [-0.4, -0.2) is 47.2 Å². The average Bonchev–Trinajstić information content (AvgIpc) is 3.04. The molecule has 0 bridgehead atoms. The second kappa shape index (κ2) is 6.50. The molecule has 1 aromatic carbocycles. The first kappa shape index (κ1) is 15.1. The van der Waals surface area contributed by atoms with Crippen LogP contribution in [0.2, 0.25) is 5.02 Å². The van der Waals surface area contributed by atoms with Crippen LogP contribution in [0, 0.1) is 0 Å². The Balaban J connectivity index is 1.85. The molecule has 1 saturated heterocycles. The number of H-pyrrole nitrogens is 1. The molecule has 0 radical (unpaired) electrons. The van der Waals surface area contributed by atoms with Crippen LogP contribution < -0.4 is 5.32 Å². The van der Waals surface area contributed by atoms with Gasteiger partial charge in [0, 0.05) is 29.7 Å². The smallest absolute Gasteiger partial charge is 0.257 e. The highest BCUT2D eigenvalue weighted by atomic mass is 35.5. The third kappa shape index (κ3) is 3.00. The third-order valence-corrected chi connectivity index (χ3v) is 4.37. The maximum atomic E-state index is 12.8. The van der Waals surface area contributed by atoms with Crippen molar-refractivity contribution >= 4 is 17.5 Å². The number of hydrogen-bond acceptors (Lipinski definition) is 3. The lowest BCUT2D eigenvalue weighted by Gasteiger charge is -2.32. The molecular weight excluding hydrogens is 300 g/mol. The van der Waals surface area contributed by atoms with Gasteiger partial charge in [0.1, 0.15) is 0 Å². The number of rotatable bonds is 3. The van der Waals surface area contributed by atoms with Crippen molar-refractivity contribution in [2.75, 3.05) is 20.1 Å². The fraction of sp³-hybridized carbons (Fsp3) is 0.375. The number of carbonyl (C=O) groups excluding carboxylic acids is 1. The molecule has 1 aromatic heterocycles. The Morgan fingerprint density at radius 3 is 2.91 bits per heavy atom. The van der Waals surface area contributed by atoms with Gasteiger partial charge in [-0.15, -0.1) is 0 Å². The summed E-state index contributed by atoms with van der Waals surface area (Å²) in [4.78, 5) is 14.7. The number of aromatic nitrogens is 2. The van der Waals surface area contributed by atoms with Crippen molar-refractivity contribution in [3.63, 3.8) is 0 Å². The molecule has 6 heteroatoms. The number of piperidine rings is 1. The van der Waals surface area contributed by atoms with Gasteiger partial charge in [0.05, 0.1) is 17.5 Å². The molecule has 1 unspecified atom stereocenters. The van der Waals surface area contributed by atoms with E-state index in [2.05, 4.69) is 15.5 Å². The van der Waals surface area contributed by atoms with Gasteiger partial charge in [-0.05, 0) is 32.0 Å². The molecule has 0 saturated carbocycles. The number of nitrogens with one attached hydrogen (secondary N) is 2. The molecule has 1 aliphatic heterocycles. The molecule has 2 aromatic rings. The van der Waals surface area contributed by atoms with Crippen LogP contribution in [0.15, 0.2) is 30.5 Å². The van der Waals surface area contributed by atoms with Gasteiger partial charge in [-0.25, -0.2) is 0 Å². The Kier molecular flexibility index (Phi) is 4.45. The van der Waals surface area contributed by atoms with Crippen LogP contribution in [0.4, 0.5) is 0 Å². The Morgan fingerprint density at radius 1 is 1.41 bits per heavy atom. The summed E-state index contributed by atoms with van der Waals surface area (Å²) in [6.07, 6.45) is 3.73. The molecule has 3 rings (SSSR count). The SMILES string of the molecule is CNC1CCCN(C(=O)c2cn[nH]c2-c2ccc(Cl)cc2)C1. The Labute approximate surface area is 134 Å². The fourth-order valence-corrected chi connectivity index (χ4v) is 2.98. The van der Waals surface area contributed by atoms with E-state index in [4.69, 9.17) is 11.6 Å². The summed E-state index contributed by atoms with van der Waals surface area (Å²) in [5.74, 6) is 0.0265. The van der Waals surface area contributed by atoms with Crippen LogP contribution in [0.1, 0.15) is 23.2 Å². The molecule has 2 N–H and O–H groups in total. The number of amides is 1. The Bertz CT molecular complexity index is 652. The van der Waals surface area contributed by atoms with Gasteiger partial charge in [0.15, 0.2) is 0 Å². The number of likely N-dealkylation sites (tertiary alicyclic amines) is 1. The predicted octanol–water partition coefficient (Wildman–Crippen LogP) is 2.55. The van der Waals surface area contributed by atoms with Gasteiger partial charge in [-0.1, -0.05) is 23.7 Å². The maximum Gasteiger partial charge on any atom is 0.257 e. The van der Waals surface area contributed by atoms with E-state index in [1.807, 2.05) is 36.2 Å². The van der Waals surface area contributed by atoms with Crippen LogP contribution in [0.5, 0.6) is 0 Å². The molecule has 5 nitrogen and oxygen atoms in total. The van der Waals surface area contributed by atoms with Crippen molar-refractivity contribution in [2.24, 2.45) is 0 Å². The summed E-state index contributed by atoms with van der Waals surface area (Å²) in [5.41, 5.74) is 2.26. The maximum absolute atomic E-state index is 12.8. The zero-order valence-electron chi connectivity index (χ0n) is 12.5. The molecular formula is C16H19ClN4O. The third-order valence-electron chi connectivity index (χ3n) is 4.12. The molecule has 1 aliphatic rings. The van der Waals surface area contributed by atoms with Gasteiger partial charge in [0.25, 0.3) is 5.91 Å². The predicted molar refractivity (Wildman–Crippen MR) is 87.0 cm³/mol. The van der Waals surface area contributed by atoms with Gasteiger partial charge in [-0.3, -0.25) is 9.89 Å². The quantitative estimate of drug-likeness (QED) is 0.914. The lowest BCUT2D eigenvalue weighted by Crippen LogP contribution is -2.47. The Hall–Kier alpha value is -1.85. The molecule has 116 valence electrons. The molecule has 22 heavy (non-hydrogen) atoms. The zero-order chi connectivity index (χ0) is 15.5. The molecule has 1 fully saturated rings. The van der Waals surface area contributed by atoms with Crippen molar-refractivity contribution in [2.45, 2.75) is 18.9 Å². The zero-order valence-corrected chi connectivity index (χ0v) is 13.2. The van der Waals surface area contributed by atoms with E-state index in [9.17, 15) is 4.79 Å². The van der Waals surface area contributed by atoms with Crippen LogP contribution >= 0.6 is 11.6 Å². The number of benzene rings is 1. The largest absolute Gasteiger partial charge is 0.337 e. The van der Waals surface area contributed by atoms with Crippen molar-refractivity contribution < 1.29 is 4.79 Å². The number of likely N-dealkylation sites (N-methyl/N-ethyl adjacent to an activating group) is 1. The van der Waals surface area contributed by atoms with Crippen LogP contribution in [0.3, 0.4) is 0 Å². The summed E-state index contributed by atoms with van der Waals surface area (Å²) in [5, 5.41) is 10.9. The summed E-state index contributed by atoms with van der Waals surface area (Å²) >= 11 is 5.92. The fourth-order valence-electron chi connectivity index (χ4n) is 2.85. The molecule has 0 aliphatic carbocycles. The minimum absolute atomic E-state index is 0.0265. The first-order valence-corrected chi connectivity index (χ1v) is 7.82. The second-order valence-electron chi connectivity index (χ2n) is 5.54. The molecule has 2 heterocycles. The van der Waals surface area contributed by atoms with Gasteiger partial charge >= 0.3 is 0 Å². The number of hydrogen-bond donors (Lipinski definition) is 2. The average molecular weight is 319 g/mol. The van der Waals surface area contributed by atoms with Crippen LogP contribution in [-0.2, 0) is 0 Å². The Morgan fingerprint density at radius 2 is 2.18 bits per heavy atom. The normalized spacial score (nSPS) is 18.5. The number of halogens is 1. The number of aromatic amines is 1. The van der Waals surface area contributed by atoms with Gasteiger partial charge < -0.3 is 10.2 Å². The highest BCUT2D eigenvalue weighted by Gasteiger charge is 2.26. The van der Waals surface area contributed by atoms with Crippen molar-refractivity contribution in [1.29, 1.82) is 0 Å². The van der Waals surface area contributed by atoms with Crippen molar-refractivity contribution in [1.82, 2.24) is 20.4 Å². The minimum atomic E-state index is 0.0265. The van der Waals surface area contributed by atoms with E-state index in [-0.39, 0.29) is 5.91 Å². The van der Waals surface area contributed by atoms with Crippen LogP contribution in [0.25, 0.3) is 11.3 Å². The van der Waals surface area contributed by atoms with Crippen molar-refractivity contribution in [3.05, 3.63) is 41.0 Å². The summed E-state index contributed by atoms with van der Waals surface area (Å²) in [6, 6.07) is 7.76. The molecule has 1 atom stereocenters. The topological polar surface area (TPSA) is 61.0 Å². The highest BCUT2D eigenvalue weighted by molar-refractivity contribution is 6.30. The monoisotopic (exact) mass is 318 g/mol. The summed E-state index contributed by atoms with van der Waals surface area (Å²) in [6.45, 7) is 1.53. The summed E-state index contributed by atoms with van der Waals surface area (Å²) in [7, 11) is 1.94. The lowest BCUT2D eigenvalue weighted by molar-refractivity contribution is 0.0699. The minimum Gasteiger partial charge on any atom is -0.337 e. The first-order chi connectivity index (χ1) is 10.7. The second-order valence-corrected chi connectivity index (χ2v) is 5.98. The molecule has 0 spiro atoms. The highest BCUT2D eigenvalue weighted by Crippen LogP contribution is 2.25. The number of carbonyl (C=O) groups is 1. The van der Waals surface area contributed by atoms with Crippen molar-refractivity contribution in [3.8, 4) is 11.3 Å². The lowest BCUT2D eigenvalue weighted by atomic mass is 10.0. The van der Waals surface area contributed by atoms with E-state index in [1.165, 1.54) is 0 Å². The first-order valence-electron chi connectivity index (χ1n) is 7.45. The molecule has 1 amide bonds. The standard InChI is InChI=1S/C16H19ClN4O/c1-18-13-3-2-8-21(10-13)16(22)14-9-19-20-15(14)11-4-6-12(17)7-5-11/h4-7,9,13,18H,2-3,8,10H2,1H3,(H,19,20). The van der Waals surface area contributed by atoms with Gasteiger partial charge in [-0.2, -0.15) is 5.10 Å².